The molecule has 0 N–H and O–H groups in total. The van der Waals surface area contributed by atoms with Gasteiger partial charge in [0.2, 0.25) is 0 Å². The molecule has 342 valence electrons. The van der Waals surface area contributed by atoms with Gasteiger partial charge >= 0.3 is 0 Å². The Morgan fingerprint density at radius 2 is 1.04 bits per heavy atom. The number of benzene rings is 10. The Labute approximate surface area is 418 Å². The third-order valence-corrected chi connectivity index (χ3v) is 15.2. The Morgan fingerprint density at radius 1 is 0.458 bits per heavy atom. The van der Waals surface area contributed by atoms with E-state index in [1.807, 2.05) is 6.07 Å². The summed E-state index contributed by atoms with van der Waals surface area (Å²) >= 11 is 0. The zero-order valence-electron chi connectivity index (χ0n) is 40.5. The molecule has 11 aromatic carbocycles. The van der Waals surface area contributed by atoms with Gasteiger partial charge < -0.3 is 18.6 Å². The van der Waals surface area contributed by atoms with Crippen LogP contribution in [0.2, 0.25) is 0 Å². The number of anilines is 5. The van der Waals surface area contributed by atoms with E-state index in [4.69, 9.17) is 8.83 Å². The zero-order chi connectivity index (χ0) is 48.2. The van der Waals surface area contributed by atoms with Crippen molar-refractivity contribution in [1.29, 1.82) is 0 Å². The highest BCUT2D eigenvalue weighted by molar-refractivity contribution is 6.28. The fourth-order valence-corrected chi connectivity index (χ4v) is 11.6. The first-order chi connectivity index (χ1) is 35.4. The number of allylic oxidation sites excluding steroid dienone is 4. The van der Waals surface area contributed by atoms with Crippen LogP contribution in [0.5, 0.6) is 0 Å². The van der Waals surface area contributed by atoms with Crippen LogP contribution in [0.3, 0.4) is 0 Å². The van der Waals surface area contributed by atoms with Crippen LogP contribution >= 0.6 is 0 Å². The van der Waals surface area contributed by atoms with Crippen molar-refractivity contribution in [2.75, 3.05) is 9.80 Å². The van der Waals surface area contributed by atoms with E-state index in [0.717, 1.165) is 139 Å². The first-order valence-electron chi connectivity index (χ1n) is 25.0. The van der Waals surface area contributed by atoms with Gasteiger partial charge in [0.05, 0.1) is 28.1 Å². The second-order valence-electron chi connectivity index (χ2n) is 19.6. The summed E-state index contributed by atoms with van der Waals surface area (Å²) in [6.07, 6.45) is 5.70. The number of furan rings is 2. The van der Waals surface area contributed by atoms with Gasteiger partial charge in [-0.05, 0) is 114 Å². The van der Waals surface area contributed by atoms with Crippen LogP contribution in [-0.4, -0.2) is 0 Å². The second kappa shape index (κ2) is 16.3. The maximum atomic E-state index is 6.95. The summed E-state index contributed by atoms with van der Waals surface area (Å²) in [5, 5.41) is 11.0. The number of hydrogen-bond acceptors (Lipinski definition) is 4. The minimum atomic E-state index is 0.203. The van der Waals surface area contributed by atoms with Crippen molar-refractivity contribution in [3.05, 3.63) is 240 Å². The van der Waals surface area contributed by atoms with Crippen molar-refractivity contribution in [3.8, 4) is 11.1 Å². The fourth-order valence-electron chi connectivity index (χ4n) is 11.6. The van der Waals surface area contributed by atoms with Crippen molar-refractivity contribution in [1.82, 2.24) is 0 Å². The maximum Gasteiger partial charge on any atom is 0.159 e. The average molecular weight is 925 g/mol. The van der Waals surface area contributed by atoms with Gasteiger partial charge in [-0.1, -0.05) is 177 Å². The van der Waals surface area contributed by atoms with Gasteiger partial charge in [-0.25, -0.2) is 0 Å². The molecule has 1 aliphatic carbocycles. The van der Waals surface area contributed by atoms with E-state index in [0.29, 0.717) is 0 Å². The lowest BCUT2D eigenvalue weighted by molar-refractivity contribution is 0.657. The molecule has 0 saturated heterocycles. The van der Waals surface area contributed by atoms with E-state index < -0.39 is 0 Å². The third kappa shape index (κ3) is 6.41. The van der Waals surface area contributed by atoms with Crippen LogP contribution in [0, 0.1) is 38.8 Å². The monoisotopic (exact) mass is 924 g/mol. The number of para-hydroxylation sites is 2. The molecule has 14 rings (SSSR count). The summed E-state index contributed by atoms with van der Waals surface area (Å²) in [7, 11) is 0. The molecule has 1 unspecified atom stereocenters. The van der Waals surface area contributed by atoms with Gasteiger partial charge in [0.25, 0.3) is 0 Å². The zero-order valence-corrected chi connectivity index (χ0v) is 40.5. The minimum Gasteiger partial charge on any atom is -0.454 e. The first-order valence-corrected chi connectivity index (χ1v) is 25.0. The van der Waals surface area contributed by atoms with Crippen LogP contribution in [0.1, 0.15) is 35.6 Å². The minimum absolute atomic E-state index is 0.203. The maximum absolute atomic E-state index is 6.95. The molecule has 1 atom stereocenters. The lowest BCUT2D eigenvalue weighted by atomic mass is 9.88. The Morgan fingerprint density at radius 3 is 1.74 bits per heavy atom. The largest absolute Gasteiger partial charge is 0.454 e. The normalized spacial score (nSPS) is 14.0. The molecule has 2 heterocycles. The van der Waals surface area contributed by atoms with E-state index >= 15 is 0 Å². The van der Waals surface area contributed by atoms with Crippen LogP contribution in [0.15, 0.2) is 215 Å². The molecule has 2 aromatic heterocycles. The van der Waals surface area contributed by atoms with E-state index in [1.54, 1.807) is 0 Å². The smallest absolute Gasteiger partial charge is 0.159 e. The lowest BCUT2D eigenvalue weighted by Gasteiger charge is -2.35. The summed E-state index contributed by atoms with van der Waals surface area (Å²) in [5.41, 5.74) is 18.0. The first kappa shape index (κ1) is 41.9. The van der Waals surface area contributed by atoms with Crippen molar-refractivity contribution in [2.24, 2.45) is 5.92 Å². The number of aryl methyl sites for hydroxylation is 3. The Kier molecular flexibility index (Phi) is 9.47. The third-order valence-electron chi connectivity index (χ3n) is 15.2. The molecule has 0 spiro atoms. The van der Waals surface area contributed by atoms with Gasteiger partial charge in [-0.15, -0.1) is 0 Å². The molecule has 72 heavy (non-hydrogen) atoms. The van der Waals surface area contributed by atoms with Crippen molar-refractivity contribution in [2.45, 2.75) is 34.1 Å². The molecule has 0 bridgehead atoms. The lowest BCUT2D eigenvalue weighted by Crippen LogP contribution is -2.24. The number of rotatable bonds is 8. The predicted molar refractivity (Wildman–Crippen MR) is 302 cm³/mol. The number of hydrogen-bond donors (Lipinski definition) is 0. The summed E-state index contributed by atoms with van der Waals surface area (Å²) in [4.78, 5) is 4.95. The molecule has 0 radical (unpaired) electrons. The van der Waals surface area contributed by atoms with Crippen LogP contribution < -0.4 is 9.80 Å². The van der Waals surface area contributed by atoms with Gasteiger partial charge in [0.1, 0.15) is 11.2 Å². The second-order valence-corrected chi connectivity index (χ2v) is 19.6. The molecule has 0 aliphatic heterocycles. The summed E-state index contributed by atoms with van der Waals surface area (Å²) in [6, 6.07) is 75.1. The van der Waals surface area contributed by atoms with Gasteiger partial charge in [0.15, 0.2) is 11.2 Å². The standard InChI is InChI=1S/C68H48N2O2/c1-41-23-27-49(45-15-7-5-8-16-45)39-59(41)69(65-43(3)25-33-53-51-19-11-13-21-61(51)71-67(53)65)57-37-31-47-30-36-56-58(38-32-48-29-35-55(57)63(47)64(48)56)70(60-40-50(28-24-42(60)2)46-17-9-6-10-18-46)66-44(4)26-34-54-52-20-12-14-22-62(52)72-68(54)66/h5-23,25-28,30-34,36-40,42H,24H2,1-4H3. The number of nitrogens with zero attached hydrogens (tertiary/aromatic N) is 2. The molecular formula is C68H48N2O2. The quantitative estimate of drug-likeness (QED) is 0.142. The molecule has 0 fully saturated rings. The summed E-state index contributed by atoms with van der Waals surface area (Å²) in [6.45, 7) is 8.98. The van der Waals surface area contributed by atoms with Crippen LogP contribution in [0.4, 0.5) is 28.4 Å². The molecule has 1 aliphatic rings. The molecular weight excluding hydrogens is 877 g/mol. The SMILES string of the molecule is Cc1ccc(-c2ccccc2)cc1N(c1ccc2ccc3c(N(C4=CC(c5ccccc5)=CCC4C)c4c(C)ccc5c4oc4ccccc45)ccc4c#cc1c2c43)c1c(C)ccc2c1oc1ccccc12. The highest BCUT2D eigenvalue weighted by Gasteiger charge is 2.31. The van der Waals surface area contributed by atoms with Crippen LogP contribution in [-0.2, 0) is 0 Å². The van der Waals surface area contributed by atoms with Gasteiger partial charge in [-0.3, -0.25) is 0 Å². The summed E-state index contributed by atoms with van der Waals surface area (Å²) in [5.74, 6) is 0.203. The van der Waals surface area contributed by atoms with Crippen molar-refractivity contribution >= 4 is 110 Å². The van der Waals surface area contributed by atoms with Crippen LogP contribution in [0.25, 0.3) is 92.9 Å². The number of fused-ring (bicyclic) bond motifs is 6. The fraction of sp³-hybridized carbons (Fsp3) is 0.0882. The van der Waals surface area contributed by atoms with E-state index in [-0.39, 0.29) is 5.92 Å². The van der Waals surface area contributed by atoms with E-state index in [2.05, 4.69) is 244 Å². The van der Waals surface area contributed by atoms with Crippen molar-refractivity contribution < 1.29 is 8.83 Å². The Hall–Kier alpha value is -9.04. The molecule has 13 aromatic rings. The van der Waals surface area contributed by atoms with Crippen molar-refractivity contribution in [3.63, 3.8) is 0 Å². The highest BCUT2D eigenvalue weighted by atomic mass is 16.3. The summed E-state index contributed by atoms with van der Waals surface area (Å²) < 4.78 is 13.9. The average Bonchev–Trinajstić information content (AvgIpc) is 4.00. The predicted octanol–water partition coefficient (Wildman–Crippen LogP) is 19.2. The van der Waals surface area contributed by atoms with E-state index in [9.17, 15) is 0 Å². The van der Waals surface area contributed by atoms with Gasteiger partial charge in [-0.2, -0.15) is 0 Å². The van der Waals surface area contributed by atoms with Gasteiger partial charge in [0, 0.05) is 60.4 Å². The van der Waals surface area contributed by atoms with E-state index in [1.165, 1.54) is 16.8 Å². The highest BCUT2D eigenvalue weighted by Crippen LogP contribution is 2.52. The Bertz CT molecular complexity index is 4360. The molecule has 4 heteroatoms. The molecule has 0 saturated carbocycles. The Balaban J connectivity index is 1.06. The molecule has 4 nitrogen and oxygen atoms in total. The molecule has 0 amide bonds. The topological polar surface area (TPSA) is 32.8 Å².